The van der Waals surface area contributed by atoms with Gasteiger partial charge in [0.05, 0.1) is 12.7 Å². The molecule has 1 fully saturated rings. The lowest BCUT2D eigenvalue weighted by Crippen LogP contribution is -2.14. The van der Waals surface area contributed by atoms with E-state index in [1.165, 1.54) is 19.1 Å². The van der Waals surface area contributed by atoms with Crippen LogP contribution in [0.3, 0.4) is 0 Å². The lowest BCUT2D eigenvalue weighted by Gasteiger charge is -2.13. The number of ether oxygens (including phenoxy) is 1. The minimum Gasteiger partial charge on any atom is -0.372 e. The third kappa shape index (κ3) is 3.67. The van der Waals surface area contributed by atoms with Crippen molar-refractivity contribution >= 4 is 6.21 Å². The zero-order chi connectivity index (χ0) is 8.81. The lowest BCUT2D eigenvalue weighted by atomic mass is 10.1. The summed E-state index contributed by atoms with van der Waals surface area (Å²) >= 11 is 0. The molecule has 0 aromatic heterocycles. The Morgan fingerprint density at radius 2 is 2.33 bits per heavy atom. The van der Waals surface area contributed by atoms with E-state index in [-0.39, 0.29) is 0 Å². The first-order valence-corrected chi connectivity index (χ1v) is 4.58. The van der Waals surface area contributed by atoms with Crippen LogP contribution in [0.25, 0.3) is 0 Å². The van der Waals surface area contributed by atoms with Crippen molar-refractivity contribution in [2.45, 2.75) is 31.8 Å². The van der Waals surface area contributed by atoms with E-state index >= 15 is 0 Å². The second-order valence-corrected chi connectivity index (χ2v) is 3.36. The van der Waals surface area contributed by atoms with Gasteiger partial charge in [0.2, 0.25) is 0 Å². The van der Waals surface area contributed by atoms with E-state index in [9.17, 15) is 0 Å². The summed E-state index contributed by atoms with van der Waals surface area (Å²) in [5.74, 6) is 0.890. The van der Waals surface area contributed by atoms with Gasteiger partial charge >= 0.3 is 0 Å². The molecule has 12 heavy (non-hydrogen) atoms. The van der Waals surface area contributed by atoms with E-state index in [1.807, 2.05) is 6.08 Å². The highest BCUT2D eigenvalue weighted by Gasteiger charge is 2.24. The fraction of sp³-hybridized carbons (Fsp3) is 0.700. The van der Waals surface area contributed by atoms with E-state index in [0.29, 0.717) is 12.7 Å². The van der Waals surface area contributed by atoms with Crippen molar-refractivity contribution in [3.63, 3.8) is 0 Å². The van der Waals surface area contributed by atoms with Crippen LogP contribution in [0.15, 0.2) is 12.7 Å². The minimum absolute atomic E-state index is 0.302. The van der Waals surface area contributed by atoms with Crippen LogP contribution in [0.5, 0.6) is 0 Å². The lowest BCUT2D eigenvalue weighted by molar-refractivity contribution is 0.0744. The van der Waals surface area contributed by atoms with Gasteiger partial charge in [0, 0.05) is 6.21 Å². The number of hydrogen-bond donors (Lipinski definition) is 1. The summed E-state index contributed by atoms with van der Waals surface area (Å²) in [4.78, 5) is 0. The van der Waals surface area contributed by atoms with Gasteiger partial charge < -0.3 is 10.1 Å². The molecule has 1 unspecified atom stereocenters. The van der Waals surface area contributed by atoms with E-state index in [0.717, 1.165) is 18.8 Å². The minimum atomic E-state index is 0.302. The van der Waals surface area contributed by atoms with E-state index in [1.54, 1.807) is 0 Å². The number of rotatable bonds is 7. The SMILES string of the molecule is C=CCC(CC1CC1)OCC=N. The molecule has 1 aliphatic rings. The van der Waals surface area contributed by atoms with Crippen molar-refractivity contribution < 1.29 is 4.74 Å². The Morgan fingerprint density at radius 1 is 1.58 bits per heavy atom. The smallest absolute Gasteiger partial charge is 0.0815 e. The van der Waals surface area contributed by atoms with Gasteiger partial charge in [-0.1, -0.05) is 18.9 Å². The zero-order valence-corrected chi connectivity index (χ0v) is 7.46. The highest BCUT2D eigenvalue weighted by Crippen LogP contribution is 2.34. The number of hydrogen-bond acceptors (Lipinski definition) is 2. The van der Waals surface area contributed by atoms with E-state index in [4.69, 9.17) is 10.1 Å². The Kier molecular flexibility index (Phi) is 4.01. The van der Waals surface area contributed by atoms with Gasteiger partial charge in [0.15, 0.2) is 0 Å². The van der Waals surface area contributed by atoms with Crippen molar-refractivity contribution in [2.75, 3.05) is 6.61 Å². The van der Waals surface area contributed by atoms with Crippen LogP contribution in [0.2, 0.25) is 0 Å². The maximum atomic E-state index is 6.85. The topological polar surface area (TPSA) is 33.1 Å². The summed E-state index contributed by atoms with van der Waals surface area (Å²) in [6, 6.07) is 0. The summed E-state index contributed by atoms with van der Waals surface area (Å²) in [5, 5.41) is 6.85. The third-order valence-electron chi connectivity index (χ3n) is 2.14. The molecular weight excluding hydrogens is 150 g/mol. The predicted molar refractivity (Wildman–Crippen MR) is 50.7 cm³/mol. The predicted octanol–water partition coefficient (Wildman–Crippen LogP) is 2.40. The summed E-state index contributed by atoms with van der Waals surface area (Å²) in [6.45, 7) is 4.15. The van der Waals surface area contributed by atoms with Gasteiger partial charge in [-0.3, -0.25) is 0 Å². The van der Waals surface area contributed by atoms with Crippen LogP contribution < -0.4 is 0 Å². The first-order valence-electron chi connectivity index (χ1n) is 4.58. The fourth-order valence-electron chi connectivity index (χ4n) is 1.33. The molecule has 0 aliphatic heterocycles. The second-order valence-electron chi connectivity index (χ2n) is 3.36. The molecule has 0 saturated heterocycles. The van der Waals surface area contributed by atoms with Crippen LogP contribution >= 0.6 is 0 Å². The quantitative estimate of drug-likeness (QED) is 0.458. The van der Waals surface area contributed by atoms with Crippen LogP contribution in [-0.4, -0.2) is 18.9 Å². The summed E-state index contributed by atoms with van der Waals surface area (Å²) in [7, 11) is 0. The molecule has 2 heteroatoms. The maximum absolute atomic E-state index is 6.85. The molecule has 0 aromatic rings. The van der Waals surface area contributed by atoms with E-state index < -0.39 is 0 Å². The molecule has 0 radical (unpaired) electrons. The zero-order valence-electron chi connectivity index (χ0n) is 7.46. The van der Waals surface area contributed by atoms with Gasteiger partial charge in [0.1, 0.15) is 0 Å². The Bertz CT molecular complexity index is 152. The van der Waals surface area contributed by atoms with Crippen LogP contribution in [0.1, 0.15) is 25.7 Å². The molecular formula is C10H17NO. The molecule has 0 heterocycles. The summed E-state index contributed by atoms with van der Waals surface area (Å²) in [6.07, 6.45) is 8.31. The average molecular weight is 167 g/mol. The molecule has 1 saturated carbocycles. The molecule has 2 nitrogen and oxygen atoms in total. The van der Waals surface area contributed by atoms with Gasteiger partial charge in [-0.05, 0) is 18.8 Å². The van der Waals surface area contributed by atoms with Gasteiger partial charge in [-0.15, -0.1) is 6.58 Å². The van der Waals surface area contributed by atoms with Crippen molar-refractivity contribution in [3.05, 3.63) is 12.7 Å². The maximum Gasteiger partial charge on any atom is 0.0815 e. The summed E-state index contributed by atoms with van der Waals surface area (Å²) in [5.41, 5.74) is 0. The first-order chi connectivity index (χ1) is 5.86. The number of nitrogens with one attached hydrogen (secondary N) is 1. The standard InChI is InChI=1S/C10H17NO/c1-2-3-10(12-7-6-11)8-9-4-5-9/h2,6,9-11H,1,3-5,7-8H2. The van der Waals surface area contributed by atoms with Crippen molar-refractivity contribution in [1.29, 1.82) is 5.41 Å². The largest absolute Gasteiger partial charge is 0.372 e. The highest BCUT2D eigenvalue weighted by atomic mass is 16.5. The third-order valence-corrected chi connectivity index (χ3v) is 2.14. The molecule has 68 valence electrons. The molecule has 0 spiro atoms. The van der Waals surface area contributed by atoms with Crippen LogP contribution in [0.4, 0.5) is 0 Å². The molecule has 1 atom stereocenters. The van der Waals surface area contributed by atoms with Gasteiger partial charge in [0.25, 0.3) is 0 Å². The van der Waals surface area contributed by atoms with Crippen molar-refractivity contribution in [2.24, 2.45) is 5.92 Å². The molecule has 0 aromatic carbocycles. The normalized spacial score (nSPS) is 18.7. The first kappa shape index (κ1) is 9.46. The van der Waals surface area contributed by atoms with Crippen molar-refractivity contribution in [3.8, 4) is 0 Å². The van der Waals surface area contributed by atoms with Crippen molar-refractivity contribution in [1.82, 2.24) is 0 Å². The molecule has 0 amide bonds. The monoisotopic (exact) mass is 167 g/mol. The Hall–Kier alpha value is -0.630. The van der Waals surface area contributed by atoms with Gasteiger partial charge in [-0.25, -0.2) is 0 Å². The average Bonchev–Trinajstić information content (AvgIpc) is 2.84. The van der Waals surface area contributed by atoms with E-state index in [2.05, 4.69) is 6.58 Å². The molecule has 0 bridgehead atoms. The summed E-state index contributed by atoms with van der Waals surface area (Å²) < 4.78 is 5.47. The molecule has 1 aliphatic carbocycles. The second kappa shape index (κ2) is 5.09. The molecule has 1 rings (SSSR count). The van der Waals surface area contributed by atoms with Crippen LogP contribution in [0, 0.1) is 11.3 Å². The Morgan fingerprint density at radius 3 is 2.83 bits per heavy atom. The van der Waals surface area contributed by atoms with Gasteiger partial charge in [-0.2, -0.15) is 0 Å². The van der Waals surface area contributed by atoms with Crippen LogP contribution in [-0.2, 0) is 4.74 Å². The molecule has 1 N–H and O–H groups in total. The Balaban J connectivity index is 2.15. The Labute approximate surface area is 74.1 Å². The fourth-order valence-corrected chi connectivity index (χ4v) is 1.33. The highest BCUT2D eigenvalue weighted by molar-refractivity contribution is 5.54.